The lowest BCUT2D eigenvalue weighted by atomic mass is 10.0. The molecule has 0 bridgehead atoms. The second kappa shape index (κ2) is 13.7. The minimum absolute atomic E-state index is 0.0235. The van der Waals surface area contributed by atoms with Crippen molar-refractivity contribution in [2.75, 3.05) is 59.7 Å². The first-order valence-corrected chi connectivity index (χ1v) is 14.0. The lowest BCUT2D eigenvalue weighted by molar-refractivity contribution is -0.138. The van der Waals surface area contributed by atoms with Crippen LogP contribution in [0.3, 0.4) is 0 Å². The van der Waals surface area contributed by atoms with Crippen molar-refractivity contribution in [1.29, 1.82) is 0 Å². The molecule has 2 heterocycles. The summed E-state index contributed by atoms with van der Waals surface area (Å²) in [6.07, 6.45) is 0.480. The summed E-state index contributed by atoms with van der Waals surface area (Å²) < 4.78 is 43.4. The van der Waals surface area contributed by atoms with Crippen molar-refractivity contribution in [2.24, 2.45) is 0 Å². The molecule has 13 heteroatoms. The maximum atomic E-state index is 13.7. The van der Waals surface area contributed by atoms with E-state index in [-0.39, 0.29) is 50.4 Å². The molecule has 4 rings (SSSR count). The molecule has 0 spiro atoms. The van der Waals surface area contributed by atoms with Crippen molar-refractivity contribution in [3.8, 4) is 11.5 Å². The number of urea groups is 1. The molecule has 2 fully saturated rings. The van der Waals surface area contributed by atoms with E-state index in [1.807, 2.05) is 29.2 Å². The summed E-state index contributed by atoms with van der Waals surface area (Å²) >= 11 is 0. The van der Waals surface area contributed by atoms with E-state index in [1.54, 1.807) is 13.8 Å². The van der Waals surface area contributed by atoms with Crippen LogP contribution in [0.15, 0.2) is 42.5 Å². The van der Waals surface area contributed by atoms with E-state index in [0.717, 1.165) is 17.7 Å². The fourth-order valence-electron chi connectivity index (χ4n) is 5.06. The van der Waals surface area contributed by atoms with Gasteiger partial charge in [0, 0.05) is 45.9 Å². The van der Waals surface area contributed by atoms with Crippen molar-refractivity contribution in [1.82, 2.24) is 20.0 Å². The molecule has 2 aromatic rings. The molecule has 234 valence electrons. The number of rotatable bonds is 12. The first-order chi connectivity index (χ1) is 20.4. The number of carbonyl (C=O) groups is 3. The largest absolute Gasteiger partial charge is 0.494 e. The third-order valence-corrected chi connectivity index (χ3v) is 7.28. The van der Waals surface area contributed by atoms with Gasteiger partial charge in [0.15, 0.2) is 11.6 Å². The normalized spacial score (nSPS) is 20.6. The quantitative estimate of drug-likeness (QED) is 0.280. The maximum Gasteiger partial charge on any atom is 0.325 e. The summed E-state index contributed by atoms with van der Waals surface area (Å²) in [7, 11) is 1.42. The highest BCUT2D eigenvalue weighted by molar-refractivity contribution is 6.06. The smallest absolute Gasteiger partial charge is 0.325 e. The van der Waals surface area contributed by atoms with Crippen molar-refractivity contribution in [2.45, 2.75) is 38.0 Å². The van der Waals surface area contributed by atoms with E-state index in [4.69, 9.17) is 14.2 Å². The molecule has 0 saturated carbocycles. The molecule has 2 aromatic carbocycles. The molecule has 1 atom stereocenters. The molecule has 2 aliphatic heterocycles. The topological polar surface area (TPSA) is 121 Å². The highest BCUT2D eigenvalue weighted by atomic mass is 19.2. The van der Waals surface area contributed by atoms with Gasteiger partial charge >= 0.3 is 6.03 Å². The number of nitrogens with one attached hydrogen (secondary N) is 1. The first kappa shape index (κ1) is 32.1. The SMILES string of the molecule is COCC(=O)N1CCN(Cc2ccc(OCCCN3C(=O)NC(C)(C)C3=O)cc2)CC(O)(COc2ccc(F)c(F)c2)C1. The molecule has 2 saturated heterocycles. The summed E-state index contributed by atoms with van der Waals surface area (Å²) in [5.74, 6) is -1.91. The number of nitrogens with zero attached hydrogens (tertiary/aromatic N) is 3. The molecule has 2 N–H and O–H groups in total. The molecular formula is C30H38F2N4O7. The van der Waals surface area contributed by atoms with E-state index in [2.05, 4.69) is 5.32 Å². The molecule has 1 unspecified atom stereocenters. The number of β-amino-alcohol motifs (C(OH)–C–C–N with tert-alkyl or cyclic N) is 1. The zero-order valence-corrected chi connectivity index (χ0v) is 24.6. The zero-order valence-electron chi connectivity index (χ0n) is 24.6. The van der Waals surface area contributed by atoms with Gasteiger partial charge in [-0.25, -0.2) is 13.6 Å². The van der Waals surface area contributed by atoms with E-state index >= 15 is 0 Å². The number of carbonyl (C=O) groups excluding carboxylic acids is 3. The molecule has 2 aliphatic rings. The fourth-order valence-corrected chi connectivity index (χ4v) is 5.06. The van der Waals surface area contributed by atoms with Gasteiger partial charge in [-0.1, -0.05) is 12.1 Å². The molecule has 11 nitrogen and oxygen atoms in total. The van der Waals surface area contributed by atoms with E-state index in [0.29, 0.717) is 38.4 Å². The average molecular weight is 605 g/mol. The predicted octanol–water partition coefficient (Wildman–Crippen LogP) is 2.16. The van der Waals surface area contributed by atoms with Crippen LogP contribution < -0.4 is 14.8 Å². The Bertz CT molecular complexity index is 1310. The molecule has 43 heavy (non-hydrogen) atoms. The Kier molecular flexibility index (Phi) is 10.2. The van der Waals surface area contributed by atoms with Gasteiger partial charge in [0.1, 0.15) is 35.9 Å². The number of aliphatic hydroxyl groups is 1. The van der Waals surface area contributed by atoms with Crippen LogP contribution in [0, 0.1) is 11.6 Å². The predicted molar refractivity (Wildman–Crippen MR) is 151 cm³/mol. The van der Waals surface area contributed by atoms with Crippen LogP contribution in [0.5, 0.6) is 11.5 Å². The Labute approximate surface area is 249 Å². The number of amides is 4. The number of benzene rings is 2. The summed E-state index contributed by atoms with van der Waals surface area (Å²) in [5, 5.41) is 14.2. The van der Waals surface area contributed by atoms with Crippen LogP contribution in [-0.2, 0) is 20.9 Å². The minimum Gasteiger partial charge on any atom is -0.494 e. The fraction of sp³-hybridized carbons (Fsp3) is 0.500. The number of imide groups is 1. The Morgan fingerprint density at radius 3 is 2.37 bits per heavy atom. The zero-order chi connectivity index (χ0) is 31.2. The monoisotopic (exact) mass is 604 g/mol. The minimum atomic E-state index is -1.50. The van der Waals surface area contributed by atoms with Crippen molar-refractivity contribution in [3.63, 3.8) is 0 Å². The van der Waals surface area contributed by atoms with Crippen LogP contribution in [0.4, 0.5) is 13.6 Å². The van der Waals surface area contributed by atoms with Crippen LogP contribution in [0.2, 0.25) is 0 Å². The first-order valence-electron chi connectivity index (χ1n) is 14.0. The summed E-state index contributed by atoms with van der Waals surface area (Å²) in [4.78, 5) is 41.6. The van der Waals surface area contributed by atoms with Gasteiger partial charge in [-0.3, -0.25) is 19.4 Å². The molecule has 0 aliphatic carbocycles. The Morgan fingerprint density at radius 1 is 1.00 bits per heavy atom. The van der Waals surface area contributed by atoms with Gasteiger partial charge in [0.05, 0.1) is 13.2 Å². The summed E-state index contributed by atoms with van der Waals surface area (Å²) in [6.45, 7) is 4.94. The van der Waals surface area contributed by atoms with Gasteiger partial charge in [-0.05, 0) is 50.1 Å². The average Bonchev–Trinajstić information content (AvgIpc) is 3.06. The third kappa shape index (κ3) is 8.39. The number of methoxy groups -OCH3 is 1. The Balaban J connectivity index is 1.33. The molecule has 0 aromatic heterocycles. The van der Waals surface area contributed by atoms with Crippen LogP contribution in [0.25, 0.3) is 0 Å². The highest BCUT2D eigenvalue weighted by Gasteiger charge is 2.43. The van der Waals surface area contributed by atoms with Crippen LogP contribution >= 0.6 is 0 Å². The summed E-state index contributed by atoms with van der Waals surface area (Å²) in [6, 6.07) is 10.2. The van der Waals surface area contributed by atoms with Gasteiger partial charge in [-0.15, -0.1) is 0 Å². The van der Waals surface area contributed by atoms with E-state index < -0.39 is 28.8 Å². The van der Waals surface area contributed by atoms with Crippen molar-refractivity contribution in [3.05, 3.63) is 59.7 Å². The number of halogens is 2. The second-order valence-corrected chi connectivity index (χ2v) is 11.4. The van der Waals surface area contributed by atoms with Crippen molar-refractivity contribution >= 4 is 17.8 Å². The molecule has 0 radical (unpaired) electrons. The van der Waals surface area contributed by atoms with E-state index in [9.17, 15) is 28.3 Å². The molecular weight excluding hydrogens is 566 g/mol. The maximum absolute atomic E-state index is 13.7. The number of hydrogen-bond donors (Lipinski definition) is 2. The van der Waals surface area contributed by atoms with Crippen molar-refractivity contribution < 1.29 is 42.5 Å². The highest BCUT2D eigenvalue weighted by Crippen LogP contribution is 2.22. The standard InChI is InChI=1S/C30H38F2N4O7/c1-29(2)27(38)36(28(39)33-29)11-4-14-42-22-7-5-21(6-8-22)16-34-12-13-35(26(37)17-41-3)19-30(40,18-34)20-43-23-9-10-24(31)25(32)15-23/h5-10,15,40H,4,11-14,16-20H2,1-3H3,(H,33,39). The Hall–Kier alpha value is -3.81. The summed E-state index contributed by atoms with van der Waals surface area (Å²) in [5.41, 5.74) is -1.46. The van der Waals surface area contributed by atoms with Gasteiger partial charge < -0.3 is 29.5 Å². The molecule has 4 amide bonds. The van der Waals surface area contributed by atoms with Crippen LogP contribution in [0.1, 0.15) is 25.8 Å². The Morgan fingerprint density at radius 2 is 1.72 bits per heavy atom. The number of ether oxygens (including phenoxy) is 3. The van der Waals surface area contributed by atoms with Gasteiger partial charge in [-0.2, -0.15) is 0 Å². The lowest BCUT2D eigenvalue weighted by Crippen LogP contribution is -2.52. The lowest BCUT2D eigenvalue weighted by Gasteiger charge is -2.33. The third-order valence-electron chi connectivity index (χ3n) is 7.28. The second-order valence-electron chi connectivity index (χ2n) is 11.4. The van der Waals surface area contributed by atoms with E-state index in [1.165, 1.54) is 23.0 Å². The van der Waals surface area contributed by atoms with Crippen LogP contribution in [-0.4, -0.2) is 108 Å². The van der Waals surface area contributed by atoms with Gasteiger partial charge in [0.25, 0.3) is 5.91 Å². The number of hydrogen-bond acceptors (Lipinski definition) is 8. The van der Waals surface area contributed by atoms with Gasteiger partial charge in [0.2, 0.25) is 5.91 Å².